The van der Waals surface area contributed by atoms with Gasteiger partial charge in [0.05, 0.1) is 4.90 Å². The van der Waals surface area contributed by atoms with E-state index in [2.05, 4.69) is 0 Å². The molecule has 0 aliphatic heterocycles. The second-order valence-corrected chi connectivity index (χ2v) is 5.05. The van der Waals surface area contributed by atoms with E-state index in [0.717, 1.165) is 5.56 Å². The first-order chi connectivity index (χ1) is 8.70. The SMILES string of the molecule is Cc1ccc([S@](=O)N[C@@H](C[N+](=O)[O-])C(F)(F)F)cc1. The van der Waals surface area contributed by atoms with Crippen LogP contribution in [-0.2, 0) is 11.0 Å². The van der Waals surface area contributed by atoms with Gasteiger partial charge in [-0.1, -0.05) is 17.7 Å². The third-order valence-electron chi connectivity index (χ3n) is 2.21. The number of aryl methyl sites for hydroxylation is 1. The number of nitrogens with zero attached hydrogens (tertiary/aromatic N) is 1. The summed E-state index contributed by atoms with van der Waals surface area (Å²) >= 11 is 0. The third-order valence-corrected chi connectivity index (χ3v) is 3.41. The summed E-state index contributed by atoms with van der Waals surface area (Å²) in [5.41, 5.74) is 0.860. The predicted octanol–water partition coefficient (Wildman–Crippen LogP) is 1.81. The van der Waals surface area contributed by atoms with Crippen LogP contribution < -0.4 is 4.72 Å². The molecule has 106 valence electrons. The Morgan fingerprint density at radius 2 is 1.89 bits per heavy atom. The first-order valence-corrected chi connectivity index (χ1v) is 6.28. The van der Waals surface area contributed by atoms with Crippen molar-refractivity contribution in [1.82, 2.24) is 4.72 Å². The first-order valence-electron chi connectivity index (χ1n) is 5.13. The standard InChI is InChI=1S/C10H11F3N2O3S/c1-7-2-4-8(5-3-7)19(18)14-9(6-15(16)17)10(11,12)13/h2-5,9,14H,6H2,1H3/t9-,19-/m0/s1. The van der Waals surface area contributed by atoms with E-state index in [-0.39, 0.29) is 4.90 Å². The molecule has 0 saturated heterocycles. The maximum absolute atomic E-state index is 12.5. The van der Waals surface area contributed by atoms with Crippen LogP contribution in [0.1, 0.15) is 5.56 Å². The smallest absolute Gasteiger partial charge is 0.264 e. The first kappa shape index (κ1) is 15.6. The summed E-state index contributed by atoms with van der Waals surface area (Å²) < 4.78 is 51.0. The van der Waals surface area contributed by atoms with E-state index >= 15 is 0 Å². The Morgan fingerprint density at radius 1 is 1.37 bits per heavy atom. The zero-order valence-corrected chi connectivity index (χ0v) is 10.6. The maximum atomic E-state index is 12.5. The highest BCUT2D eigenvalue weighted by atomic mass is 32.2. The number of alkyl halides is 3. The molecule has 0 aromatic heterocycles. The molecule has 2 atom stereocenters. The Kier molecular flexibility index (Phi) is 5.01. The number of rotatable bonds is 5. The summed E-state index contributed by atoms with van der Waals surface area (Å²) in [6.45, 7) is 0.395. The van der Waals surface area contributed by atoms with E-state index in [1.807, 2.05) is 0 Å². The number of halogens is 3. The van der Waals surface area contributed by atoms with Crippen molar-refractivity contribution >= 4 is 11.0 Å². The van der Waals surface area contributed by atoms with Gasteiger partial charge in [0.25, 0.3) is 0 Å². The highest BCUT2D eigenvalue weighted by Gasteiger charge is 2.44. The Balaban J connectivity index is 2.81. The minimum absolute atomic E-state index is 0.128. The van der Waals surface area contributed by atoms with Gasteiger partial charge in [0.2, 0.25) is 6.54 Å². The van der Waals surface area contributed by atoms with Gasteiger partial charge in [-0.3, -0.25) is 10.1 Å². The van der Waals surface area contributed by atoms with Crippen LogP contribution in [0.2, 0.25) is 0 Å². The fourth-order valence-electron chi connectivity index (χ4n) is 1.22. The van der Waals surface area contributed by atoms with Gasteiger partial charge in [0.15, 0.2) is 6.04 Å². The summed E-state index contributed by atoms with van der Waals surface area (Å²) in [7, 11) is -2.16. The van der Waals surface area contributed by atoms with E-state index in [1.54, 1.807) is 23.8 Å². The van der Waals surface area contributed by atoms with E-state index in [4.69, 9.17) is 0 Å². The van der Waals surface area contributed by atoms with Gasteiger partial charge < -0.3 is 0 Å². The Hall–Kier alpha value is -1.48. The van der Waals surface area contributed by atoms with Crippen molar-refractivity contribution in [3.8, 4) is 0 Å². The van der Waals surface area contributed by atoms with Crippen LogP contribution in [0, 0.1) is 17.0 Å². The summed E-state index contributed by atoms with van der Waals surface area (Å²) in [5.74, 6) is 0. The minimum Gasteiger partial charge on any atom is -0.264 e. The van der Waals surface area contributed by atoms with Crippen molar-refractivity contribution < 1.29 is 22.3 Å². The molecule has 0 bridgehead atoms. The molecular weight excluding hydrogens is 285 g/mol. The van der Waals surface area contributed by atoms with E-state index in [0.29, 0.717) is 0 Å². The zero-order valence-electron chi connectivity index (χ0n) is 9.81. The molecule has 0 fully saturated rings. The van der Waals surface area contributed by atoms with Gasteiger partial charge in [-0.2, -0.15) is 13.2 Å². The lowest BCUT2D eigenvalue weighted by molar-refractivity contribution is -0.490. The van der Waals surface area contributed by atoms with Gasteiger partial charge in [0, 0.05) is 4.92 Å². The lowest BCUT2D eigenvalue weighted by Crippen LogP contribution is -2.47. The molecule has 0 spiro atoms. The van der Waals surface area contributed by atoms with Crippen molar-refractivity contribution in [2.24, 2.45) is 0 Å². The number of nitro groups is 1. The van der Waals surface area contributed by atoms with Crippen LogP contribution in [0.4, 0.5) is 13.2 Å². The van der Waals surface area contributed by atoms with Gasteiger partial charge in [0.1, 0.15) is 11.0 Å². The van der Waals surface area contributed by atoms with Gasteiger partial charge in [-0.25, -0.2) is 8.93 Å². The second kappa shape index (κ2) is 6.11. The number of hydrogen-bond donors (Lipinski definition) is 1. The molecule has 0 aliphatic rings. The van der Waals surface area contributed by atoms with Crippen molar-refractivity contribution in [1.29, 1.82) is 0 Å². The lowest BCUT2D eigenvalue weighted by atomic mass is 10.2. The quantitative estimate of drug-likeness (QED) is 0.665. The van der Waals surface area contributed by atoms with Gasteiger partial charge >= 0.3 is 6.18 Å². The van der Waals surface area contributed by atoms with Crippen LogP contribution >= 0.6 is 0 Å². The second-order valence-electron chi connectivity index (χ2n) is 3.81. The maximum Gasteiger partial charge on any atom is 0.411 e. The van der Waals surface area contributed by atoms with Crippen LogP contribution in [0.15, 0.2) is 29.2 Å². The number of hydrogen-bond acceptors (Lipinski definition) is 3. The molecule has 5 nitrogen and oxygen atoms in total. The molecule has 0 heterocycles. The minimum atomic E-state index is -4.84. The molecule has 0 aliphatic carbocycles. The Morgan fingerprint density at radius 3 is 2.32 bits per heavy atom. The normalized spacial score (nSPS) is 14.9. The van der Waals surface area contributed by atoms with Crippen LogP contribution in [-0.4, -0.2) is 27.9 Å². The Labute approximate surface area is 109 Å². The fourth-order valence-corrected chi connectivity index (χ4v) is 2.20. The molecule has 0 unspecified atom stereocenters. The average Bonchev–Trinajstić information content (AvgIpc) is 2.27. The molecule has 1 rings (SSSR count). The molecule has 0 saturated carbocycles. The van der Waals surface area contributed by atoms with Crippen LogP contribution in [0.5, 0.6) is 0 Å². The summed E-state index contributed by atoms with van der Waals surface area (Å²) in [6.07, 6.45) is -4.84. The molecule has 9 heteroatoms. The van der Waals surface area contributed by atoms with Gasteiger partial charge in [-0.15, -0.1) is 0 Å². The van der Waals surface area contributed by atoms with E-state index in [9.17, 15) is 27.5 Å². The third kappa shape index (κ3) is 4.95. The van der Waals surface area contributed by atoms with Crippen LogP contribution in [0.25, 0.3) is 0 Å². The van der Waals surface area contributed by atoms with E-state index < -0.39 is 34.7 Å². The van der Waals surface area contributed by atoms with Gasteiger partial charge in [-0.05, 0) is 19.1 Å². The number of nitrogens with one attached hydrogen (secondary N) is 1. The monoisotopic (exact) mass is 296 g/mol. The van der Waals surface area contributed by atoms with Crippen molar-refractivity contribution in [2.45, 2.75) is 24.0 Å². The summed E-state index contributed by atoms with van der Waals surface area (Å²) in [5, 5.41) is 10.2. The van der Waals surface area contributed by atoms with Crippen molar-refractivity contribution in [3.63, 3.8) is 0 Å². The average molecular weight is 296 g/mol. The highest BCUT2D eigenvalue weighted by Crippen LogP contribution is 2.21. The van der Waals surface area contributed by atoms with Crippen LogP contribution in [0.3, 0.4) is 0 Å². The lowest BCUT2D eigenvalue weighted by Gasteiger charge is -2.17. The predicted molar refractivity (Wildman–Crippen MR) is 62.4 cm³/mol. The molecule has 0 amide bonds. The fraction of sp³-hybridized carbons (Fsp3) is 0.400. The molecule has 0 radical (unpaired) electrons. The topological polar surface area (TPSA) is 72.2 Å². The highest BCUT2D eigenvalue weighted by molar-refractivity contribution is 7.83. The molecular formula is C10H11F3N2O3S. The summed E-state index contributed by atoms with van der Waals surface area (Å²) in [4.78, 5) is 9.21. The largest absolute Gasteiger partial charge is 0.411 e. The molecule has 1 N–H and O–H groups in total. The van der Waals surface area contributed by atoms with Crippen molar-refractivity contribution in [3.05, 3.63) is 39.9 Å². The number of benzene rings is 1. The van der Waals surface area contributed by atoms with E-state index in [1.165, 1.54) is 12.1 Å². The molecule has 19 heavy (non-hydrogen) atoms. The van der Waals surface area contributed by atoms with Crippen molar-refractivity contribution in [2.75, 3.05) is 6.54 Å². The molecule has 1 aromatic carbocycles. The Bertz CT molecular complexity index is 476. The molecule has 1 aromatic rings. The summed E-state index contributed by atoms with van der Waals surface area (Å²) in [6, 6.07) is 3.52. The zero-order chi connectivity index (χ0) is 14.6.